The van der Waals surface area contributed by atoms with Gasteiger partial charge >= 0.3 is 41.8 Å². The van der Waals surface area contributed by atoms with E-state index in [9.17, 15) is 43.2 Å². The highest BCUT2D eigenvalue weighted by atomic mass is 16.8. The summed E-state index contributed by atoms with van der Waals surface area (Å²) < 4.78 is 67.6. The summed E-state index contributed by atoms with van der Waals surface area (Å²) in [6.45, 7) is 5.73. The fourth-order valence-electron chi connectivity index (χ4n) is 6.31. The van der Waals surface area contributed by atoms with E-state index < -0.39 is 139 Å². The molecule has 1 aromatic carbocycles. The second-order valence-corrected chi connectivity index (χ2v) is 12.8. The summed E-state index contributed by atoms with van der Waals surface area (Å²) in [6.07, 6.45) is -17.5. The monoisotopic (exact) mass is 822 g/mol. The number of fused-ring (bicyclic) bond motifs is 1. The van der Waals surface area contributed by atoms with Crippen molar-refractivity contribution in [3.8, 4) is 0 Å². The molecule has 10 atom stereocenters. The van der Waals surface area contributed by atoms with Crippen molar-refractivity contribution in [1.29, 1.82) is 0 Å². The molecule has 2 heterocycles. The van der Waals surface area contributed by atoms with E-state index in [2.05, 4.69) is 0 Å². The molecule has 316 valence electrons. The summed E-state index contributed by atoms with van der Waals surface area (Å²) in [5.74, 6) is -9.28. The summed E-state index contributed by atoms with van der Waals surface area (Å²) in [5.41, 5.74) is -0.0670. The highest BCUT2D eigenvalue weighted by Crippen LogP contribution is 2.37. The lowest BCUT2D eigenvalue weighted by Gasteiger charge is -2.48. The first-order valence-corrected chi connectivity index (χ1v) is 17.5. The minimum atomic E-state index is -1.94. The van der Waals surface area contributed by atoms with Gasteiger partial charge < -0.3 is 56.8 Å². The summed E-state index contributed by atoms with van der Waals surface area (Å²) >= 11 is 0. The normalized spacial score (nSPS) is 27.9. The molecule has 0 N–H and O–H groups in total. The van der Waals surface area contributed by atoms with Crippen LogP contribution in [-0.2, 0) is 90.4 Å². The Hall–Kier alpha value is -5.93. The largest absolute Gasteiger partial charge is 0.489 e. The quantitative estimate of drug-likeness (QED) is 0.183. The first-order valence-electron chi connectivity index (χ1n) is 17.5. The van der Waals surface area contributed by atoms with Crippen LogP contribution in [0.25, 0.3) is 0 Å². The summed E-state index contributed by atoms with van der Waals surface area (Å²) in [4.78, 5) is 114. The lowest BCUT2D eigenvalue weighted by atomic mass is 9.92. The Morgan fingerprint density at radius 2 is 0.879 bits per heavy atom. The topological polar surface area (TPSA) is 264 Å². The number of ether oxygens (including phenoxy) is 12. The predicted molar refractivity (Wildman–Crippen MR) is 183 cm³/mol. The van der Waals surface area contributed by atoms with Crippen LogP contribution in [0.3, 0.4) is 0 Å². The van der Waals surface area contributed by atoms with Gasteiger partial charge in [0.05, 0.1) is 7.11 Å². The molecular weight excluding hydrogens is 780 g/mol. The Labute approximate surface area is 330 Å². The Balaban J connectivity index is 1.86. The van der Waals surface area contributed by atoms with Gasteiger partial charge in [0.2, 0.25) is 35.5 Å². The summed E-state index contributed by atoms with van der Waals surface area (Å²) in [5, 5.41) is 0. The molecule has 3 aliphatic rings. The molecule has 0 saturated carbocycles. The number of ketones is 2. The summed E-state index contributed by atoms with van der Waals surface area (Å²) in [6, 6.07) is 5.78. The zero-order valence-electron chi connectivity index (χ0n) is 32.6. The molecule has 0 spiro atoms. The van der Waals surface area contributed by atoms with Crippen LogP contribution in [-0.4, -0.2) is 135 Å². The number of carbonyl (C=O) groups excluding carboxylic acids is 9. The first kappa shape index (κ1) is 44.8. The van der Waals surface area contributed by atoms with E-state index in [0.29, 0.717) is 0 Å². The van der Waals surface area contributed by atoms with E-state index in [1.165, 1.54) is 24.3 Å². The molecule has 2 saturated heterocycles. The molecule has 4 rings (SSSR count). The smallest absolute Gasteiger partial charge is 0.303 e. The third-order valence-corrected chi connectivity index (χ3v) is 8.36. The number of hydrogen-bond acceptors (Lipinski definition) is 21. The Bertz CT molecular complexity index is 1830. The zero-order valence-corrected chi connectivity index (χ0v) is 32.6. The van der Waals surface area contributed by atoms with E-state index in [1.807, 2.05) is 0 Å². The summed E-state index contributed by atoms with van der Waals surface area (Å²) in [7, 11) is 1.10. The standard InChI is InChI=1S/C37H42O21/c1-15(38)48-13-24-28(50-17(3)40)32(51-18(4)41)34(53-20(6)43)36(55-24)57-29-25(14-49-16(2)39)56-37(35(54-21(7)44)33(29)52-19(5)42)58-31-27(46)23-12-10-9-11-22(23)26(45)30(31)47-8/h9-12,24-25,28-29,32-37H,13-14H2,1-8H3/t24-,25+,28-,29-,32+,33+,34-,35-,36+,37+/m1/s1. The third-order valence-electron chi connectivity index (χ3n) is 8.36. The number of carbonyl (C=O) groups is 9. The molecule has 2 aliphatic heterocycles. The van der Waals surface area contributed by atoms with E-state index in [1.54, 1.807) is 0 Å². The second-order valence-electron chi connectivity index (χ2n) is 12.8. The van der Waals surface area contributed by atoms with Gasteiger partial charge in [0.1, 0.15) is 31.5 Å². The van der Waals surface area contributed by atoms with Crippen LogP contribution in [0.2, 0.25) is 0 Å². The molecule has 1 aromatic rings. The minimum absolute atomic E-state index is 0.00149. The molecule has 58 heavy (non-hydrogen) atoms. The van der Waals surface area contributed by atoms with Gasteiger partial charge in [-0.25, -0.2) is 0 Å². The van der Waals surface area contributed by atoms with Crippen molar-refractivity contribution in [3.05, 3.63) is 46.9 Å². The lowest BCUT2D eigenvalue weighted by molar-refractivity contribution is -0.358. The van der Waals surface area contributed by atoms with Crippen LogP contribution in [0.15, 0.2) is 35.8 Å². The van der Waals surface area contributed by atoms with Crippen molar-refractivity contribution in [1.82, 2.24) is 0 Å². The van der Waals surface area contributed by atoms with Gasteiger partial charge in [0.25, 0.3) is 0 Å². The maximum absolute atomic E-state index is 13.8. The van der Waals surface area contributed by atoms with Gasteiger partial charge in [-0.3, -0.25) is 43.2 Å². The molecule has 21 heteroatoms. The minimum Gasteiger partial charge on any atom is -0.489 e. The van der Waals surface area contributed by atoms with E-state index >= 15 is 0 Å². The zero-order chi connectivity index (χ0) is 43.0. The van der Waals surface area contributed by atoms with Crippen molar-refractivity contribution < 1.29 is 100.0 Å². The fraction of sp³-hybridized carbons (Fsp3) is 0.541. The highest BCUT2D eigenvalue weighted by molar-refractivity contribution is 6.25. The van der Waals surface area contributed by atoms with Gasteiger partial charge in [0.15, 0.2) is 30.7 Å². The number of esters is 7. The van der Waals surface area contributed by atoms with Gasteiger partial charge in [-0.05, 0) is 0 Å². The van der Waals surface area contributed by atoms with E-state index in [0.717, 1.165) is 55.6 Å². The van der Waals surface area contributed by atoms with Crippen LogP contribution in [0.4, 0.5) is 0 Å². The van der Waals surface area contributed by atoms with Crippen LogP contribution < -0.4 is 0 Å². The Morgan fingerprint density at radius 1 is 0.500 bits per heavy atom. The van der Waals surface area contributed by atoms with Crippen LogP contribution in [0.5, 0.6) is 0 Å². The van der Waals surface area contributed by atoms with Gasteiger partial charge in [-0.2, -0.15) is 0 Å². The van der Waals surface area contributed by atoms with Crippen molar-refractivity contribution in [3.63, 3.8) is 0 Å². The Morgan fingerprint density at radius 3 is 1.33 bits per heavy atom. The van der Waals surface area contributed by atoms with Crippen LogP contribution in [0, 0.1) is 0 Å². The van der Waals surface area contributed by atoms with Crippen molar-refractivity contribution in [2.45, 2.75) is 110 Å². The maximum atomic E-state index is 13.8. The molecule has 21 nitrogen and oxygen atoms in total. The van der Waals surface area contributed by atoms with E-state index in [-0.39, 0.29) is 11.1 Å². The average Bonchev–Trinajstić information content (AvgIpc) is 3.12. The van der Waals surface area contributed by atoms with Crippen molar-refractivity contribution in [2.24, 2.45) is 0 Å². The van der Waals surface area contributed by atoms with Crippen LogP contribution in [0.1, 0.15) is 69.2 Å². The molecule has 0 bridgehead atoms. The third kappa shape index (κ3) is 10.9. The molecular formula is C37H42O21. The van der Waals surface area contributed by atoms with Gasteiger partial charge in [-0.15, -0.1) is 0 Å². The molecule has 0 radical (unpaired) electrons. The molecule has 0 amide bonds. The molecule has 2 fully saturated rings. The number of allylic oxidation sites excluding steroid dienone is 2. The van der Waals surface area contributed by atoms with Crippen molar-refractivity contribution >= 4 is 53.4 Å². The number of benzene rings is 1. The lowest BCUT2D eigenvalue weighted by Crippen LogP contribution is -2.67. The maximum Gasteiger partial charge on any atom is 0.303 e. The van der Waals surface area contributed by atoms with E-state index in [4.69, 9.17) is 56.8 Å². The number of methoxy groups -OCH3 is 1. The SMILES string of the molecule is COC1=C(O[C@@H]2O[C@@H](COC(C)=O)[C@@H](O[C@@H]3O[C@H](COC(C)=O)[C@@H](OC(C)=O)[C@H](OC(C)=O)[C@H]3OC(C)=O)[C@H](OC(C)=O)[C@H]2OC(C)=O)C(=O)c2ccccc2C1=O. The Kier molecular flexibility index (Phi) is 15.0. The molecule has 1 aliphatic carbocycles. The molecule has 0 aromatic heterocycles. The van der Waals surface area contributed by atoms with Crippen LogP contribution >= 0.6 is 0 Å². The van der Waals surface area contributed by atoms with Crippen molar-refractivity contribution in [2.75, 3.05) is 20.3 Å². The number of rotatable bonds is 14. The highest BCUT2D eigenvalue weighted by Gasteiger charge is 2.58. The second kappa shape index (κ2) is 19.5. The molecule has 0 unspecified atom stereocenters. The van der Waals surface area contributed by atoms with Gasteiger partial charge in [0, 0.05) is 59.6 Å². The number of hydrogen-bond donors (Lipinski definition) is 0. The number of Topliss-reactive ketones (excluding diaryl/α,β-unsaturated/α-hetero) is 2. The first-order chi connectivity index (χ1) is 27.3. The average molecular weight is 823 g/mol. The fourth-order valence-corrected chi connectivity index (χ4v) is 6.31. The van der Waals surface area contributed by atoms with Gasteiger partial charge in [-0.1, -0.05) is 24.3 Å². The predicted octanol–water partition coefficient (Wildman–Crippen LogP) is 0.560.